The SMILES string of the molecule is c1ccc(-n2c3ccccc3c3cc(-c4cc(-c5ccc6c(c5)-c5ccc(-c7ccccc7-c7ccc8c9ccccc9n(-c9ccccc9)c8c7)c7cccc-6c57)ccc4-c4ccc5c6c(cccc46)-c4ccccc4-5)ccc32)cc1. The minimum absolute atomic E-state index is 1.16. The fourth-order valence-electron chi connectivity index (χ4n) is 14.5. The van der Waals surface area contributed by atoms with Crippen molar-refractivity contribution >= 4 is 65.2 Å². The Labute approximate surface area is 474 Å². The molecule has 0 fully saturated rings. The van der Waals surface area contributed by atoms with Gasteiger partial charge in [0.05, 0.1) is 22.1 Å². The summed E-state index contributed by atoms with van der Waals surface area (Å²) in [5.74, 6) is 0. The maximum absolute atomic E-state index is 2.46. The van der Waals surface area contributed by atoms with E-state index in [-0.39, 0.29) is 0 Å². The monoisotopic (exact) mass is 1040 g/mol. The van der Waals surface area contributed by atoms with Crippen LogP contribution >= 0.6 is 0 Å². The Bertz CT molecular complexity index is 5350. The Hall–Kier alpha value is -10.8. The number of aromatic nitrogens is 2. The summed E-state index contributed by atoms with van der Waals surface area (Å²) in [5, 5.41) is 10.2. The van der Waals surface area contributed by atoms with Gasteiger partial charge in [-0.1, -0.05) is 224 Å². The van der Waals surface area contributed by atoms with Crippen LogP contribution in [-0.2, 0) is 0 Å². The molecule has 0 aliphatic heterocycles. The zero-order chi connectivity index (χ0) is 53.6. The van der Waals surface area contributed by atoms with Gasteiger partial charge in [0.1, 0.15) is 0 Å². The lowest BCUT2D eigenvalue weighted by Crippen LogP contribution is -1.93. The molecule has 378 valence electrons. The van der Waals surface area contributed by atoms with Crippen LogP contribution in [0.1, 0.15) is 0 Å². The van der Waals surface area contributed by atoms with E-state index >= 15 is 0 Å². The summed E-state index contributed by atoms with van der Waals surface area (Å²) in [6.07, 6.45) is 0. The van der Waals surface area contributed by atoms with Gasteiger partial charge in [-0.15, -0.1) is 0 Å². The largest absolute Gasteiger partial charge is 0.309 e. The molecule has 0 bridgehead atoms. The van der Waals surface area contributed by atoms with E-state index in [9.17, 15) is 0 Å². The van der Waals surface area contributed by atoms with E-state index in [0.29, 0.717) is 0 Å². The van der Waals surface area contributed by atoms with Gasteiger partial charge in [-0.2, -0.15) is 0 Å². The molecule has 0 atom stereocenters. The molecule has 0 radical (unpaired) electrons. The molecule has 2 aromatic heterocycles. The van der Waals surface area contributed by atoms with Crippen molar-refractivity contribution in [2.75, 3.05) is 0 Å². The van der Waals surface area contributed by atoms with Gasteiger partial charge in [0.25, 0.3) is 0 Å². The number of rotatable bonds is 7. The Balaban J connectivity index is 0.784. The highest BCUT2D eigenvalue weighted by Crippen LogP contribution is 2.54. The minimum atomic E-state index is 1.16. The molecular weight excluding hydrogens is 989 g/mol. The number of hydrogen-bond acceptors (Lipinski definition) is 0. The van der Waals surface area contributed by atoms with Gasteiger partial charge < -0.3 is 9.13 Å². The van der Waals surface area contributed by atoms with Gasteiger partial charge in [-0.25, -0.2) is 0 Å². The Morgan fingerprint density at radius 3 is 1.15 bits per heavy atom. The third-order valence-corrected chi connectivity index (χ3v) is 18.0. The molecule has 0 N–H and O–H groups in total. The fourth-order valence-corrected chi connectivity index (χ4v) is 14.5. The van der Waals surface area contributed by atoms with Crippen molar-refractivity contribution in [1.82, 2.24) is 9.13 Å². The van der Waals surface area contributed by atoms with Crippen molar-refractivity contribution in [3.63, 3.8) is 0 Å². The lowest BCUT2D eigenvalue weighted by Gasteiger charge is -2.17. The van der Waals surface area contributed by atoms with Gasteiger partial charge in [0.15, 0.2) is 0 Å². The smallest absolute Gasteiger partial charge is 0.0547 e. The summed E-state index contributed by atoms with van der Waals surface area (Å²) in [6.45, 7) is 0. The predicted molar refractivity (Wildman–Crippen MR) is 346 cm³/mol. The summed E-state index contributed by atoms with van der Waals surface area (Å²) in [7, 11) is 0. The van der Waals surface area contributed by atoms with Crippen LogP contribution in [0.5, 0.6) is 0 Å². The summed E-state index contributed by atoms with van der Waals surface area (Å²) >= 11 is 0. The number of para-hydroxylation sites is 4. The zero-order valence-corrected chi connectivity index (χ0v) is 44.6. The molecule has 2 nitrogen and oxygen atoms in total. The third-order valence-electron chi connectivity index (χ3n) is 18.0. The normalized spacial score (nSPS) is 12.1. The lowest BCUT2D eigenvalue weighted by atomic mass is 9.87. The molecule has 16 aromatic rings. The van der Waals surface area contributed by atoms with Crippen LogP contribution in [0.2, 0.25) is 0 Å². The Morgan fingerprint density at radius 1 is 0.159 bits per heavy atom. The van der Waals surface area contributed by atoms with Gasteiger partial charge in [0, 0.05) is 32.9 Å². The van der Waals surface area contributed by atoms with Crippen molar-refractivity contribution in [1.29, 1.82) is 0 Å². The van der Waals surface area contributed by atoms with E-state index in [0.717, 1.165) is 11.4 Å². The summed E-state index contributed by atoms with van der Waals surface area (Å²) in [5.41, 5.74) is 29.6. The summed E-state index contributed by atoms with van der Waals surface area (Å²) in [6, 6.07) is 109. The van der Waals surface area contributed by atoms with Crippen molar-refractivity contribution in [2.45, 2.75) is 0 Å². The molecule has 2 heteroatoms. The molecule has 2 heterocycles. The molecule has 0 saturated carbocycles. The average molecular weight is 1040 g/mol. The van der Waals surface area contributed by atoms with Crippen molar-refractivity contribution < 1.29 is 0 Å². The second-order valence-electron chi connectivity index (χ2n) is 22.2. The lowest BCUT2D eigenvalue weighted by molar-refractivity contribution is 1.18. The first kappa shape index (κ1) is 45.1. The highest BCUT2D eigenvalue weighted by molar-refractivity contribution is 6.22. The second-order valence-corrected chi connectivity index (χ2v) is 22.2. The molecular formula is C80H48N2. The van der Waals surface area contributed by atoms with Crippen LogP contribution in [0.15, 0.2) is 291 Å². The van der Waals surface area contributed by atoms with Gasteiger partial charge in [-0.3, -0.25) is 0 Å². The molecule has 18 rings (SSSR count). The third kappa shape index (κ3) is 6.46. The topological polar surface area (TPSA) is 9.86 Å². The molecule has 0 saturated heterocycles. The van der Waals surface area contributed by atoms with E-state index < -0.39 is 0 Å². The average Bonchev–Trinajstić information content (AvgIpc) is 3.91. The molecule has 14 aromatic carbocycles. The van der Waals surface area contributed by atoms with Crippen LogP contribution in [0.4, 0.5) is 0 Å². The maximum atomic E-state index is 2.46. The van der Waals surface area contributed by atoms with Crippen molar-refractivity contribution in [2.24, 2.45) is 0 Å². The minimum Gasteiger partial charge on any atom is -0.309 e. The van der Waals surface area contributed by atoms with Crippen LogP contribution in [0.25, 0.3) is 177 Å². The fraction of sp³-hybridized carbons (Fsp3) is 0. The number of fused-ring (bicyclic) bond motifs is 12. The van der Waals surface area contributed by atoms with Crippen LogP contribution in [-0.4, -0.2) is 9.13 Å². The molecule has 0 spiro atoms. The highest BCUT2D eigenvalue weighted by Gasteiger charge is 2.27. The molecule has 2 aliphatic rings. The van der Waals surface area contributed by atoms with E-state index in [1.807, 2.05) is 0 Å². The van der Waals surface area contributed by atoms with Crippen molar-refractivity contribution in [3.8, 4) is 112 Å². The maximum Gasteiger partial charge on any atom is 0.0547 e. The first-order chi connectivity index (χ1) is 40.7. The van der Waals surface area contributed by atoms with Gasteiger partial charge in [-0.05, 0) is 188 Å². The molecule has 2 aliphatic carbocycles. The molecule has 82 heavy (non-hydrogen) atoms. The summed E-state index contributed by atoms with van der Waals surface area (Å²) in [4.78, 5) is 0. The quantitative estimate of drug-likeness (QED) is 0.151. The van der Waals surface area contributed by atoms with E-state index in [4.69, 9.17) is 0 Å². The van der Waals surface area contributed by atoms with Gasteiger partial charge >= 0.3 is 0 Å². The van der Waals surface area contributed by atoms with E-state index in [1.165, 1.54) is 165 Å². The zero-order valence-electron chi connectivity index (χ0n) is 44.6. The molecule has 0 unspecified atom stereocenters. The number of nitrogens with zero attached hydrogens (tertiary/aromatic N) is 2. The number of benzene rings is 14. The van der Waals surface area contributed by atoms with Gasteiger partial charge in [0.2, 0.25) is 0 Å². The standard InChI is InChI=1S/C80H48N2/c1-3-17-53(18-4-1)81-76-32-14-12-26-64(76)74-47-51(36-44-77(74)81)72-45-49(33-37-61(72)60-40-42-70-58-24-10-9-23-57(58)66-27-15-29-68(60)79(66)70)50-34-38-62-69-30-16-28-67-59(41-43-71(80(67)69)73(62)46-50)56-22-8-7-21-55(56)52-35-39-65-63-25-11-13-31-75(63)82(78(65)48-52)54-19-5-2-6-20-54/h1-48H. The Morgan fingerprint density at radius 2 is 0.524 bits per heavy atom. The number of hydrogen-bond donors (Lipinski definition) is 0. The molecule has 0 amide bonds. The van der Waals surface area contributed by atoms with Crippen LogP contribution in [0, 0.1) is 0 Å². The van der Waals surface area contributed by atoms with Crippen LogP contribution < -0.4 is 0 Å². The first-order valence-corrected chi connectivity index (χ1v) is 28.5. The van der Waals surface area contributed by atoms with E-state index in [2.05, 4.69) is 300 Å². The van der Waals surface area contributed by atoms with Crippen molar-refractivity contribution in [3.05, 3.63) is 291 Å². The predicted octanol–water partition coefficient (Wildman–Crippen LogP) is 21.8. The van der Waals surface area contributed by atoms with Crippen LogP contribution in [0.3, 0.4) is 0 Å². The summed E-state index contributed by atoms with van der Waals surface area (Å²) < 4.78 is 4.82. The van der Waals surface area contributed by atoms with E-state index in [1.54, 1.807) is 0 Å². The first-order valence-electron chi connectivity index (χ1n) is 28.5. The highest BCUT2D eigenvalue weighted by atomic mass is 15.0. The Kier molecular flexibility index (Phi) is 9.54. The second kappa shape index (κ2) is 17.3.